The summed E-state index contributed by atoms with van der Waals surface area (Å²) in [7, 11) is 0. The fourth-order valence-corrected chi connectivity index (χ4v) is 3.18. The predicted octanol–water partition coefficient (Wildman–Crippen LogP) is 2.44. The Hall–Kier alpha value is -2.53. The van der Waals surface area contributed by atoms with Crippen LogP contribution in [-0.2, 0) is 10.5 Å². The summed E-state index contributed by atoms with van der Waals surface area (Å²) in [6.07, 6.45) is 0. The maximum Gasteiger partial charge on any atom is 0.254 e. The van der Waals surface area contributed by atoms with Gasteiger partial charge in [-0.15, -0.1) is 0 Å². The van der Waals surface area contributed by atoms with E-state index in [-0.39, 0.29) is 5.91 Å². The quantitative estimate of drug-likeness (QED) is 0.946. The second-order valence-corrected chi connectivity index (χ2v) is 5.48. The Morgan fingerprint density at radius 3 is 2.52 bits per heavy atom. The first-order valence-corrected chi connectivity index (χ1v) is 7.71. The average Bonchev–Trinajstić information content (AvgIpc) is 2.87. The zero-order chi connectivity index (χ0) is 15.9. The molecule has 2 aliphatic rings. The van der Waals surface area contributed by atoms with Crippen molar-refractivity contribution in [3.05, 3.63) is 59.2 Å². The van der Waals surface area contributed by atoms with Crippen LogP contribution >= 0.6 is 0 Å². The Bertz CT molecular complexity index is 759. The van der Waals surface area contributed by atoms with Crippen molar-refractivity contribution in [1.29, 1.82) is 0 Å². The zero-order valence-corrected chi connectivity index (χ0v) is 12.8. The van der Waals surface area contributed by atoms with Crippen LogP contribution in [0.4, 0.5) is 0 Å². The molecule has 118 valence electrons. The minimum absolute atomic E-state index is 0.172. The minimum Gasteiger partial charge on any atom is -0.486 e. The summed E-state index contributed by atoms with van der Waals surface area (Å²) in [5.41, 5.74) is 1.22. The number of carbonyl (C=O) groups is 1. The first kappa shape index (κ1) is 14.1. The van der Waals surface area contributed by atoms with Crippen LogP contribution in [0.3, 0.4) is 0 Å². The van der Waals surface area contributed by atoms with Crippen molar-refractivity contribution in [3.63, 3.8) is 0 Å². The van der Waals surface area contributed by atoms with Crippen molar-refractivity contribution >= 4 is 5.91 Å². The van der Waals surface area contributed by atoms with Crippen molar-refractivity contribution < 1.29 is 19.0 Å². The fourth-order valence-electron chi connectivity index (χ4n) is 3.18. The molecule has 5 heteroatoms. The molecule has 0 saturated heterocycles. The van der Waals surface area contributed by atoms with Gasteiger partial charge in [-0.05, 0) is 19.1 Å². The van der Waals surface area contributed by atoms with E-state index in [0.29, 0.717) is 36.9 Å². The first-order chi connectivity index (χ1) is 11.2. The van der Waals surface area contributed by atoms with Crippen molar-refractivity contribution in [1.82, 2.24) is 5.32 Å². The van der Waals surface area contributed by atoms with Gasteiger partial charge in [-0.2, -0.15) is 0 Å². The maximum absolute atomic E-state index is 12.5. The minimum atomic E-state index is -0.988. The highest BCUT2D eigenvalue weighted by molar-refractivity contribution is 6.01. The lowest BCUT2D eigenvalue weighted by Crippen LogP contribution is -2.43. The predicted molar refractivity (Wildman–Crippen MR) is 83.7 cm³/mol. The molecule has 1 N–H and O–H groups in total. The number of hydrogen-bond acceptors (Lipinski definition) is 4. The molecular weight excluding hydrogens is 294 g/mol. The highest BCUT2D eigenvalue weighted by Gasteiger charge is 2.46. The van der Waals surface area contributed by atoms with Gasteiger partial charge >= 0.3 is 0 Å². The van der Waals surface area contributed by atoms with Crippen LogP contribution in [0.5, 0.6) is 11.5 Å². The fraction of sp³-hybridized carbons (Fsp3) is 0.278. The van der Waals surface area contributed by atoms with E-state index >= 15 is 0 Å². The van der Waals surface area contributed by atoms with E-state index in [9.17, 15) is 4.79 Å². The molecule has 0 spiro atoms. The number of carbonyl (C=O) groups excluding carboxylic acids is 1. The largest absolute Gasteiger partial charge is 0.486 e. The highest BCUT2D eigenvalue weighted by atomic mass is 16.6. The van der Waals surface area contributed by atoms with Crippen LogP contribution < -0.4 is 14.8 Å². The molecule has 1 atom stereocenters. The molecule has 0 aliphatic carbocycles. The molecule has 23 heavy (non-hydrogen) atoms. The Labute approximate surface area is 134 Å². The standard InChI is InChI=1S/C18H17NO4/c1-2-23-18(12-6-4-3-5-7-12)14-11-16-15(21-8-9-22-16)10-13(14)17(20)19-18/h3-7,10-11H,2,8-9H2,1H3,(H,19,20)/t18-/m0/s1. The number of benzene rings is 2. The number of ether oxygens (including phenoxy) is 3. The summed E-state index contributed by atoms with van der Waals surface area (Å²) in [6, 6.07) is 13.3. The summed E-state index contributed by atoms with van der Waals surface area (Å²) in [5.74, 6) is 1.08. The van der Waals surface area contributed by atoms with Crippen LogP contribution in [-0.4, -0.2) is 25.7 Å². The van der Waals surface area contributed by atoms with Gasteiger partial charge in [0, 0.05) is 17.7 Å². The molecule has 0 bridgehead atoms. The van der Waals surface area contributed by atoms with Gasteiger partial charge in [0.05, 0.1) is 5.56 Å². The molecule has 2 aromatic carbocycles. The third-order valence-corrected chi connectivity index (χ3v) is 4.14. The van der Waals surface area contributed by atoms with E-state index < -0.39 is 5.72 Å². The van der Waals surface area contributed by atoms with Crippen molar-refractivity contribution in [2.24, 2.45) is 0 Å². The third-order valence-electron chi connectivity index (χ3n) is 4.14. The summed E-state index contributed by atoms with van der Waals surface area (Å²) in [4.78, 5) is 12.5. The lowest BCUT2D eigenvalue weighted by Gasteiger charge is -2.31. The molecule has 0 saturated carbocycles. The van der Waals surface area contributed by atoms with Crippen LogP contribution in [0.15, 0.2) is 42.5 Å². The smallest absolute Gasteiger partial charge is 0.254 e. The van der Waals surface area contributed by atoms with E-state index in [2.05, 4.69) is 5.32 Å². The van der Waals surface area contributed by atoms with Crippen molar-refractivity contribution in [2.75, 3.05) is 19.8 Å². The van der Waals surface area contributed by atoms with Gasteiger partial charge in [0.1, 0.15) is 13.2 Å². The van der Waals surface area contributed by atoms with Gasteiger partial charge in [-0.25, -0.2) is 0 Å². The summed E-state index contributed by atoms with van der Waals surface area (Å²) in [6.45, 7) is 3.36. The molecule has 2 aliphatic heterocycles. The normalized spacial score (nSPS) is 21.7. The molecular formula is C18H17NO4. The first-order valence-electron chi connectivity index (χ1n) is 7.71. The zero-order valence-electron chi connectivity index (χ0n) is 12.8. The molecule has 5 nitrogen and oxygen atoms in total. The average molecular weight is 311 g/mol. The Kier molecular flexibility index (Phi) is 3.23. The molecule has 4 rings (SSSR count). The van der Waals surface area contributed by atoms with Crippen molar-refractivity contribution in [2.45, 2.75) is 12.6 Å². The van der Waals surface area contributed by atoms with Crippen LogP contribution in [0.2, 0.25) is 0 Å². The van der Waals surface area contributed by atoms with E-state index in [0.717, 1.165) is 11.1 Å². The lowest BCUT2D eigenvalue weighted by molar-refractivity contribution is -0.0258. The molecule has 2 heterocycles. The monoisotopic (exact) mass is 311 g/mol. The van der Waals surface area contributed by atoms with E-state index in [4.69, 9.17) is 14.2 Å². The van der Waals surface area contributed by atoms with Crippen LogP contribution in [0.25, 0.3) is 0 Å². The third kappa shape index (κ3) is 2.08. The second-order valence-electron chi connectivity index (χ2n) is 5.48. The maximum atomic E-state index is 12.5. The Balaban J connectivity index is 1.93. The lowest BCUT2D eigenvalue weighted by atomic mass is 9.93. The van der Waals surface area contributed by atoms with E-state index in [1.807, 2.05) is 43.3 Å². The van der Waals surface area contributed by atoms with Crippen LogP contribution in [0.1, 0.15) is 28.4 Å². The number of fused-ring (bicyclic) bond motifs is 2. The van der Waals surface area contributed by atoms with Crippen molar-refractivity contribution in [3.8, 4) is 11.5 Å². The number of rotatable bonds is 3. The van der Waals surface area contributed by atoms with Gasteiger partial charge in [0.2, 0.25) is 0 Å². The molecule has 0 radical (unpaired) electrons. The molecule has 0 unspecified atom stereocenters. The Morgan fingerprint density at radius 2 is 1.83 bits per heavy atom. The number of amides is 1. The highest BCUT2D eigenvalue weighted by Crippen LogP contribution is 2.44. The second kappa shape index (κ2) is 5.28. The number of nitrogens with one attached hydrogen (secondary N) is 1. The van der Waals surface area contributed by atoms with Gasteiger partial charge in [-0.3, -0.25) is 4.79 Å². The summed E-state index contributed by atoms with van der Waals surface area (Å²) >= 11 is 0. The van der Waals surface area contributed by atoms with E-state index in [1.165, 1.54) is 0 Å². The Morgan fingerprint density at radius 1 is 1.13 bits per heavy atom. The summed E-state index contributed by atoms with van der Waals surface area (Å²) in [5, 5.41) is 3.00. The van der Waals surface area contributed by atoms with Crippen LogP contribution in [0, 0.1) is 0 Å². The van der Waals surface area contributed by atoms with Gasteiger partial charge < -0.3 is 19.5 Å². The molecule has 0 aromatic heterocycles. The van der Waals surface area contributed by atoms with E-state index in [1.54, 1.807) is 6.07 Å². The van der Waals surface area contributed by atoms with Gasteiger partial charge in [0.25, 0.3) is 5.91 Å². The SMILES string of the molecule is CCO[C@]1(c2ccccc2)NC(=O)c2cc3c(cc21)OCCO3. The topological polar surface area (TPSA) is 56.8 Å². The molecule has 0 fully saturated rings. The van der Waals surface area contributed by atoms with Gasteiger partial charge in [0.15, 0.2) is 17.2 Å². The number of hydrogen-bond donors (Lipinski definition) is 1. The van der Waals surface area contributed by atoms with Gasteiger partial charge in [-0.1, -0.05) is 30.3 Å². The molecule has 1 amide bonds. The molecule has 2 aromatic rings. The summed E-state index contributed by atoms with van der Waals surface area (Å²) < 4.78 is 17.3.